The molecule has 0 saturated heterocycles. The minimum absolute atomic E-state index is 0.798. The van der Waals surface area contributed by atoms with Crippen molar-refractivity contribution in [3.8, 4) is 0 Å². The summed E-state index contributed by atoms with van der Waals surface area (Å²) < 4.78 is 5.67. The predicted octanol–water partition coefficient (Wildman–Crippen LogP) is 3.15. The minimum atomic E-state index is 0.798. The number of ether oxygens (including phenoxy) is 1. The zero-order valence-electron chi connectivity index (χ0n) is 13.0. The van der Waals surface area contributed by atoms with Gasteiger partial charge in [0.15, 0.2) is 0 Å². The molecule has 0 spiro atoms. The van der Waals surface area contributed by atoms with Crippen LogP contribution in [0.25, 0.3) is 0 Å². The lowest BCUT2D eigenvalue weighted by molar-refractivity contribution is 0.140. The van der Waals surface area contributed by atoms with Crippen LogP contribution in [-0.4, -0.2) is 26.8 Å². The summed E-state index contributed by atoms with van der Waals surface area (Å²) >= 11 is 0. The van der Waals surface area contributed by atoms with Gasteiger partial charge in [-0.15, -0.1) is 0 Å². The maximum Gasteiger partial charge on any atom is 0.0590 e. The molecule has 0 atom stereocenters. The molecule has 0 aliphatic rings. The molecule has 0 aliphatic carbocycles. The summed E-state index contributed by atoms with van der Waals surface area (Å²) in [6.07, 6.45) is 4.40. The average molecular weight is 263 g/mol. The summed E-state index contributed by atoms with van der Waals surface area (Å²) in [6.45, 7) is 9.28. The van der Waals surface area contributed by atoms with E-state index in [1.54, 1.807) is 0 Å². The molecule has 0 aromatic heterocycles. The van der Waals surface area contributed by atoms with Crippen molar-refractivity contribution < 1.29 is 4.74 Å². The molecule has 0 radical (unpaired) electrons. The van der Waals surface area contributed by atoms with Crippen molar-refractivity contribution in [2.75, 3.05) is 26.8 Å². The fourth-order valence-electron chi connectivity index (χ4n) is 2.48. The molecule has 2 nitrogen and oxygen atoms in total. The maximum atomic E-state index is 5.67. The van der Waals surface area contributed by atoms with Crippen molar-refractivity contribution in [2.45, 2.75) is 46.5 Å². The number of hydrogen-bond donors (Lipinski definition) is 1. The van der Waals surface area contributed by atoms with Gasteiger partial charge in [-0.25, -0.2) is 0 Å². The van der Waals surface area contributed by atoms with Gasteiger partial charge in [0.2, 0.25) is 0 Å². The summed E-state index contributed by atoms with van der Waals surface area (Å²) in [5, 5.41) is 3.10. The predicted molar refractivity (Wildman–Crippen MR) is 83.0 cm³/mol. The van der Waals surface area contributed by atoms with E-state index in [0.717, 1.165) is 45.4 Å². The molecule has 1 aromatic rings. The number of nitrogens with one attached hydrogen (secondary N) is 1. The largest absolute Gasteiger partial charge is 0.380 e. The highest BCUT2D eigenvalue weighted by molar-refractivity contribution is 5.39. The van der Waals surface area contributed by atoms with E-state index >= 15 is 0 Å². The quantitative estimate of drug-likeness (QED) is 0.691. The normalized spacial score (nSPS) is 10.9. The van der Waals surface area contributed by atoms with E-state index in [4.69, 9.17) is 4.74 Å². The van der Waals surface area contributed by atoms with Gasteiger partial charge in [-0.2, -0.15) is 0 Å². The molecule has 1 rings (SSSR count). The smallest absolute Gasteiger partial charge is 0.0590 e. The third-order valence-electron chi connectivity index (χ3n) is 3.66. The Kier molecular flexibility index (Phi) is 7.76. The summed E-state index contributed by atoms with van der Waals surface area (Å²) in [7, 11) is 1.96. The van der Waals surface area contributed by atoms with Crippen LogP contribution in [0.15, 0.2) is 12.1 Å². The van der Waals surface area contributed by atoms with Crippen molar-refractivity contribution in [1.82, 2.24) is 5.32 Å². The molecule has 0 amide bonds. The summed E-state index contributed by atoms with van der Waals surface area (Å²) in [4.78, 5) is 0. The van der Waals surface area contributed by atoms with Gasteiger partial charge in [0.25, 0.3) is 0 Å². The van der Waals surface area contributed by atoms with Crippen LogP contribution in [0.3, 0.4) is 0 Å². The van der Waals surface area contributed by atoms with E-state index in [0.29, 0.717) is 0 Å². The molecule has 0 aliphatic heterocycles. The molecule has 0 bridgehead atoms. The van der Waals surface area contributed by atoms with Crippen LogP contribution >= 0.6 is 0 Å². The molecule has 0 unspecified atom stereocenters. The molecule has 1 aromatic carbocycles. The van der Waals surface area contributed by atoms with Crippen molar-refractivity contribution in [3.63, 3.8) is 0 Å². The van der Waals surface area contributed by atoms with Gasteiger partial charge >= 0.3 is 0 Å². The lowest BCUT2D eigenvalue weighted by atomic mass is 9.92. The van der Waals surface area contributed by atoms with Gasteiger partial charge in [-0.05, 0) is 55.0 Å². The van der Waals surface area contributed by atoms with Crippen LogP contribution in [0.5, 0.6) is 0 Å². The highest BCUT2D eigenvalue weighted by atomic mass is 16.5. The van der Waals surface area contributed by atoms with Crippen LogP contribution in [0, 0.1) is 0 Å². The highest BCUT2D eigenvalue weighted by Gasteiger charge is 2.08. The van der Waals surface area contributed by atoms with Gasteiger partial charge < -0.3 is 10.1 Å². The average Bonchev–Trinajstić information content (AvgIpc) is 2.46. The molecular weight excluding hydrogens is 234 g/mol. The molecule has 0 fully saturated rings. The molecule has 0 saturated carbocycles. The fraction of sp³-hybridized carbons (Fsp3) is 0.647. The first kappa shape index (κ1) is 16.2. The first-order valence-corrected chi connectivity index (χ1v) is 7.62. The Labute approximate surface area is 118 Å². The van der Waals surface area contributed by atoms with Crippen LogP contribution in [0.2, 0.25) is 0 Å². The second kappa shape index (κ2) is 9.11. The number of likely N-dealkylation sites (N-methyl/N-ethyl adjacent to an activating group) is 1. The van der Waals surface area contributed by atoms with E-state index in [2.05, 4.69) is 38.2 Å². The Morgan fingerprint density at radius 2 is 1.58 bits per heavy atom. The van der Waals surface area contributed by atoms with Crippen LogP contribution < -0.4 is 5.32 Å². The van der Waals surface area contributed by atoms with Crippen LogP contribution in [0.1, 0.15) is 43.0 Å². The zero-order valence-corrected chi connectivity index (χ0v) is 13.0. The van der Waals surface area contributed by atoms with Gasteiger partial charge in [0, 0.05) is 6.54 Å². The SMILES string of the molecule is CCc1cc(CC)c(CCOCCNC)c(CC)c1. The fourth-order valence-corrected chi connectivity index (χ4v) is 2.48. The maximum absolute atomic E-state index is 5.67. The molecule has 1 N–H and O–H groups in total. The molecule has 0 heterocycles. The van der Waals surface area contributed by atoms with E-state index in [9.17, 15) is 0 Å². The zero-order chi connectivity index (χ0) is 14.1. The highest BCUT2D eigenvalue weighted by Crippen LogP contribution is 2.20. The number of benzene rings is 1. The minimum Gasteiger partial charge on any atom is -0.380 e. The Hall–Kier alpha value is -0.860. The van der Waals surface area contributed by atoms with Crippen molar-refractivity contribution in [3.05, 3.63) is 34.4 Å². The summed E-state index contributed by atoms with van der Waals surface area (Å²) in [6, 6.07) is 4.75. The van der Waals surface area contributed by atoms with Crippen molar-refractivity contribution in [2.24, 2.45) is 0 Å². The van der Waals surface area contributed by atoms with Crippen molar-refractivity contribution in [1.29, 1.82) is 0 Å². The standard InChI is InChI=1S/C17H29NO/c1-5-14-12-15(6-2)17(16(7-3)13-14)8-10-19-11-9-18-4/h12-13,18H,5-11H2,1-4H3. The summed E-state index contributed by atoms with van der Waals surface area (Å²) in [5.41, 5.74) is 6.00. The van der Waals surface area contributed by atoms with E-state index in [-0.39, 0.29) is 0 Å². The topological polar surface area (TPSA) is 21.3 Å². The van der Waals surface area contributed by atoms with Gasteiger partial charge in [-0.3, -0.25) is 0 Å². The van der Waals surface area contributed by atoms with Crippen LogP contribution in [0.4, 0.5) is 0 Å². The van der Waals surface area contributed by atoms with Gasteiger partial charge in [-0.1, -0.05) is 32.9 Å². The second-order valence-corrected chi connectivity index (χ2v) is 4.92. The molecule has 108 valence electrons. The molecular formula is C17H29NO. The van der Waals surface area contributed by atoms with Crippen molar-refractivity contribution >= 4 is 0 Å². The number of rotatable bonds is 9. The Bertz CT molecular complexity index is 349. The third-order valence-corrected chi connectivity index (χ3v) is 3.66. The van der Waals surface area contributed by atoms with E-state index in [1.807, 2.05) is 7.05 Å². The van der Waals surface area contributed by atoms with Crippen LogP contribution in [-0.2, 0) is 30.4 Å². The Balaban J connectivity index is 2.73. The van der Waals surface area contributed by atoms with Gasteiger partial charge in [0.1, 0.15) is 0 Å². The molecule has 2 heteroatoms. The van der Waals surface area contributed by atoms with E-state index < -0.39 is 0 Å². The third kappa shape index (κ3) is 4.96. The number of aryl methyl sites for hydroxylation is 3. The van der Waals surface area contributed by atoms with Gasteiger partial charge in [0.05, 0.1) is 13.2 Å². The number of hydrogen-bond acceptors (Lipinski definition) is 2. The summed E-state index contributed by atoms with van der Waals surface area (Å²) in [5.74, 6) is 0. The molecule has 19 heavy (non-hydrogen) atoms. The first-order valence-electron chi connectivity index (χ1n) is 7.62. The van der Waals surface area contributed by atoms with E-state index in [1.165, 1.54) is 22.3 Å². The Morgan fingerprint density at radius 3 is 2.05 bits per heavy atom. The second-order valence-electron chi connectivity index (χ2n) is 4.92. The lowest BCUT2D eigenvalue weighted by Gasteiger charge is -2.15. The first-order chi connectivity index (χ1) is 9.26. The lowest BCUT2D eigenvalue weighted by Crippen LogP contribution is -2.15. The monoisotopic (exact) mass is 263 g/mol. The Morgan fingerprint density at radius 1 is 0.947 bits per heavy atom.